The van der Waals surface area contributed by atoms with Gasteiger partial charge in [-0.15, -0.1) is 0 Å². The number of anilines is 1. The molecule has 20 heavy (non-hydrogen) atoms. The molecular weight excluding hydrogens is 319 g/mol. The number of nitrogens with zero attached hydrogens (tertiary/aromatic N) is 1. The molecule has 0 fully saturated rings. The molecule has 1 aliphatic heterocycles. The third-order valence-corrected chi connectivity index (χ3v) is 4.21. The maximum atomic E-state index is 13.6. The van der Waals surface area contributed by atoms with Crippen molar-refractivity contribution in [3.8, 4) is 0 Å². The van der Waals surface area contributed by atoms with Crippen molar-refractivity contribution in [3.63, 3.8) is 0 Å². The van der Waals surface area contributed by atoms with E-state index in [-0.39, 0.29) is 5.82 Å². The molecule has 3 rings (SSSR count). The molecule has 2 nitrogen and oxygen atoms in total. The molecule has 0 saturated carbocycles. The van der Waals surface area contributed by atoms with E-state index >= 15 is 0 Å². The van der Waals surface area contributed by atoms with Gasteiger partial charge in [0.1, 0.15) is 5.82 Å². The molecule has 0 aromatic heterocycles. The van der Waals surface area contributed by atoms with Gasteiger partial charge in [0, 0.05) is 31.9 Å². The second kappa shape index (κ2) is 5.94. The van der Waals surface area contributed by atoms with Crippen molar-refractivity contribution in [1.29, 1.82) is 0 Å². The van der Waals surface area contributed by atoms with Crippen molar-refractivity contribution in [2.45, 2.75) is 13.1 Å². The van der Waals surface area contributed by atoms with Gasteiger partial charge in [-0.3, -0.25) is 0 Å². The summed E-state index contributed by atoms with van der Waals surface area (Å²) in [5.41, 5.74) is 3.52. The molecule has 2 aromatic rings. The van der Waals surface area contributed by atoms with E-state index < -0.39 is 0 Å². The van der Waals surface area contributed by atoms with Crippen LogP contribution in [-0.2, 0) is 13.1 Å². The summed E-state index contributed by atoms with van der Waals surface area (Å²) in [5, 5.41) is 3.42. The summed E-state index contributed by atoms with van der Waals surface area (Å²) in [6.45, 7) is 3.48. The Hall–Kier alpha value is -1.39. The van der Waals surface area contributed by atoms with Crippen molar-refractivity contribution in [1.82, 2.24) is 5.32 Å². The number of rotatable bonds is 2. The largest absolute Gasteiger partial charge is 0.366 e. The van der Waals surface area contributed by atoms with Crippen molar-refractivity contribution in [2.24, 2.45) is 0 Å². The third kappa shape index (κ3) is 2.86. The predicted octanol–water partition coefficient (Wildman–Crippen LogP) is 3.70. The van der Waals surface area contributed by atoms with Gasteiger partial charge in [-0.1, -0.05) is 24.3 Å². The van der Waals surface area contributed by atoms with Crippen LogP contribution in [0.2, 0.25) is 0 Å². The molecule has 0 amide bonds. The first-order chi connectivity index (χ1) is 9.74. The lowest BCUT2D eigenvalue weighted by Crippen LogP contribution is -2.28. The quantitative estimate of drug-likeness (QED) is 0.900. The first-order valence-electron chi connectivity index (χ1n) is 6.71. The Morgan fingerprint density at radius 2 is 2.05 bits per heavy atom. The van der Waals surface area contributed by atoms with Crippen LogP contribution in [0.5, 0.6) is 0 Å². The first-order valence-corrected chi connectivity index (χ1v) is 7.51. The standard InChI is InChI=1S/C16H16BrFN2/c17-14-6-5-12(9-15(14)18)11-20-8-7-19-10-13-3-1-2-4-16(13)20/h1-6,9,19H,7-8,10-11H2. The van der Waals surface area contributed by atoms with Gasteiger partial charge in [-0.2, -0.15) is 0 Å². The topological polar surface area (TPSA) is 15.3 Å². The highest BCUT2D eigenvalue weighted by molar-refractivity contribution is 9.10. The molecule has 4 heteroatoms. The first kappa shape index (κ1) is 13.6. The van der Waals surface area contributed by atoms with E-state index in [9.17, 15) is 4.39 Å². The summed E-state index contributed by atoms with van der Waals surface area (Å²) in [6, 6.07) is 13.7. The molecule has 0 atom stereocenters. The summed E-state index contributed by atoms with van der Waals surface area (Å²) in [7, 11) is 0. The van der Waals surface area contributed by atoms with Crippen LogP contribution in [0.3, 0.4) is 0 Å². The van der Waals surface area contributed by atoms with E-state index in [0.29, 0.717) is 4.47 Å². The number of para-hydroxylation sites is 1. The lowest BCUT2D eigenvalue weighted by molar-refractivity contribution is 0.617. The van der Waals surface area contributed by atoms with E-state index in [1.807, 2.05) is 6.07 Å². The van der Waals surface area contributed by atoms with Gasteiger partial charge in [0.25, 0.3) is 0 Å². The molecule has 0 aliphatic carbocycles. The summed E-state index contributed by atoms with van der Waals surface area (Å²) in [6.07, 6.45) is 0. The molecule has 0 saturated heterocycles. The van der Waals surface area contributed by atoms with Crippen LogP contribution in [0.25, 0.3) is 0 Å². The van der Waals surface area contributed by atoms with Gasteiger partial charge >= 0.3 is 0 Å². The average molecular weight is 335 g/mol. The fraction of sp³-hybridized carbons (Fsp3) is 0.250. The zero-order valence-corrected chi connectivity index (χ0v) is 12.7. The van der Waals surface area contributed by atoms with Crippen LogP contribution in [0.4, 0.5) is 10.1 Å². The Balaban J connectivity index is 1.88. The second-order valence-electron chi connectivity index (χ2n) is 4.98. The zero-order valence-electron chi connectivity index (χ0n) is 11.1. The van der Waals surface area contributed by atoms with Crippen LogP contribution in [-0.4, -0.2) is 13.1 Å². The maximum Gasteiger partial charge on any atom is 0.137 e. The second-order valence-corrected chi connectivity index (χ2v) is 5.83. The van der Waals surface area contributed by atoms with E-state index in [1.54, 1.807) is 12.1 Å². The van der Waals surface area contributed by atoms with Crippen molar-refractivity contribution >= 4 is 21.6 Å². The van der Waals surface area contributed by atoms with Crippen molar-refractivity contribution in [2.75, 3.05) is 18.0 Å². The minimum Gasteiger partial charge on any atom is -0.366 e. The number of benzene rings is 2. The molecule has 0 radical (unpaired) electrons. The van der Waals surface area contributed by atoms with Gasteiger partial charge in [0.15, 0.2) is 0 Å². The minimum absolute atomic E-state index is 0.205. The number of halogens is 2. The molecule has 1 N–H and O–H groups in total. The molecule has 1 heterocycles. The molecule has 0 spiro atoms. The van der Waals surface area contributed by atoms with Gasteiger partial charge in [0.2, 0.25) is 0 Å². The van der Waals surface area contributed by atoms with E-state index in [1.165, 1.54) is 11.3 Å². The molecule has 1 aliphatic rings. The highest BCUT2D eigenvalue weighted by Gasteiger charge is 2.15. The zero-order chi connectivity index (χ0) is 13.9. The molecular formula is C16H16BrFN2. The van der Waals surface area contributed by atoms with Gasteiger partial charge < -0.3 is 10.2 Å². The Labute approximate surface area is 126 Å². The molecule has 0 bridgehead atoms. The summed E-state index contributed by atoms with van der Waals surface area (Å²) in [4.78, 5) is 2.30. The van der Waals surface area contributed by atoms with Crippen LogP contribution in [0, 0.1) is 5.82 Å². The van der Waals surface area contributed by atoms with Gasteiger partial charge in [-0.05, 0) is 45.3 Å². The third-order valence-electron chi connectivity index (χ3n) is 3.56. The Bertz CT molecular complexity index is 615. The predicted molar refractivity (Wildman–Crippen MR) is 83.3 cm³/mol. The van der Waals surface area contributed by atoms with E-state index in [0.717, 1.165) is 31.7 Å². The number of hydrogen-bond donors (Lipinski definition) is 1. The Morgan fingerprint density at radius 3 is 2.90 bits per heavy atom. The van der Waals surface area contributed by atoms with Crippen LogP contribution in [0.1, 0.15) is 11.1 Å². The summed E-state index contributed by atoms with van der Waals surface area (Å²) >= 11 is 3.19. The Kier molecular flexibility index (Phi) is 4.03. The monoisotopic (exact) mass is 334 g/mol. The fourth-order valence-corrected chi connectivity index (χ4v) is 2.80. The van der Waals surface area contributed by atoms with Gasteiger partial charge in [0.05, 0.1) is 4.47 Å². The lowest BCUT2D eigenvalue weighted by atomic mass is 10.1. The van der Waals surface area contributed by atoms with Crippen LogP contribution < -0.4 is 10.2 Å². The van der Waals surface area contributed by atoms with Crippen LogP contribution in [0.15, 0.2) is 46.9 Å². The fourth-order valence-electron chi connectivity index (χ4n) is 2.55. The smallest absolute Gasteiger partial charge is 0.137 e. The normalized spacial score (nSPS) is 14.8. The average Bonchev–Trinajstić information content (AvgIpc) is 2.66. The highest BCUT2D eigenvalue weighted by atomic mass is 79.9. The highest BCUT2D eigenvalue weighted by Crippen LogP contribution is 2.25. The molecule has 0 unspecified atom stereocenters. The van der Waals surface area contributed by atoms with Gasteiger partial charge in [-0.25, -0.2) is 4.39 Å². The molecule has 104 valence electrons. The minimum atomic E-state index is -0.205. The summed E-state index contributed by atoms with van der Waals surface area (Å²) < 4.78 is 14.1. The molecule has 2 aromatic carbocycles. The number of nitrogens with one attached hydrogen (secondary N) is 1. The maximum absolute atomic E-state index is 13.6. The van der Waals surface area contributed by atoms with Crippen molar-refractivity contribution < 1.29 is 4.39 Å². The number of hydrogen-bond acceptors (Lipinski definition) is 2. The Morgan fingerprint density at radius 1 is 1.20 bits per heavy atom. The van der Waals surface area contributed by atoms with Crippen molar-refractivity contribution in [3.05, 3.63) is 63.9 Å². The number of fused-ring (bicyclic) bond motifs is 1. The summed E-state index contributed by atoms with van der Waals surface area (Å²) in [5.74, 6) is -0.205. The van der Waals surface area contributed by atoms with E-state index in [4.69, 9.17) is 0 Å². The van der Waals surface area contributed by atoms with Crippen LogP contribution >= 0.6 is 15.9 Å². The van der Waals surface area contributed by atoms with E-state index in [2.05, 4.69) is 50.4 Å². The SMILES string of the molecule is Fc1cc(CN2CCNCc3ccccc32)ccc1Br. The lowest BCUT2D eigenvalue weighted by Gasteiger charge is -2.24.